The zero-order valence-corrected chi connectivity index (χ0v) is 11.0. The van der Waals surface area contributed by atoms with Crippen molar-refractivity contribution in [3.63, 3.8) is 0 Å². The molecule has 0 amide bonds. The van der Waals surface area contributed by atoms with Gasteiger partial charge in [0.2, 0.25) is 10.0 Å². The molecule has 0 spiro atoms. The van der Waals surface area contributed by atoms with Gasteiger partial charge in [0.15, 0.2) is 0 Å². The second kappa shape index (κ2) is 4.78. The smallest absolute Gasteiger partial charge is 0.337 e. The molecule has 1 aromatic carbocycles. The van der Waals surface area contributed by atoms with E-state index in [2.05, 4.69) is 0 Å². The Morgan fingerprint density at radius 2 is 2.06 bits per heavy atom. The summed E-state index contributed by atoms with van der Waals surface area (Å²) in [7, 11) is -3.42. The molecule has 18 heavy (non-hydrogen) atoms. The third-order valence-corrected chi connectivity index (χ3v) is 4.90. The maximum absolute atomic E-state index is 11.9. The molecule has 0 aromatic heterocycles. The standard InChI is InChI=1S/C11H12ClNO4S/c12-8-3-4-10(9(7-8)11(14)15)13-5-1-2-6-18(13,16)17/h3-4,7H,1-2,5-6H2,(H,14,15). The number of carboxylic acids is 1. The molecule has 1 fully saturated rings. The van der Waals surface area contributed by atoms with E-state index in [1.165, 1.54) is 18.2 Å². The summed E-state index contributed by atoms with van der Waals surface area (Å²) in [5, 5.41) is 9.38. The molecule has 0 aliphatic carbocycles. The van der Waals surface area contributed by atoms with Crippen LogP contribution in [0.4, 0.5) is 5.69 Å². The highest BCUT2D eigenvalue weighted by Crippen LogP contribution is 2.29. The van der Waals surface area contributed by atoms with Crippen LogP contribution in [0.25, 0.3) is 0 Å². The monoisotopic (exact) mass is 289 g/mol. The van der Waals surface area contributed by atoms with Gasteiger partial charge in [0.1, 0.15) is 0 Å². The number of rotatable bonds is 2. The van der Waals surface area contributed by atoms with E-state index in [9.17, 15) is 13.2 Å². The molecule has 0 saturated carbocycles. The lowest BCUT2D eigenvalue weighted by Crippen LogP contribution is -2.38. The van der Waals surface area contributed by atoms with Crippen LogP contribution in [0, 0.1) is 0 Å². The number of nitrogens with zero attached hydrogens (tertiary/aromatic N) is 1. The zero-order valence-electron chi connectivity index (χ0n) is 9.47. The number of hydrogen-bond donors (Lipinski definition) is 1. The summed E-state index contributed by atoms with van der Waals surface area (Å²) in [5.74, 6) is -1.14. The maximum atomic E-state index is 11.9. The minimum Gasteiger partial charge on any atom is -0.478 e. The van der Waals surface area contributed by atoms with Crippen molar-refractivity contribution in [1.29, 1.82) is 0 Å². The van der Waals surface area contributed by atoms with Crippen LogP contribution in [0.3, 0.4) is 0 Å². The lowest BCUT2D eigenvalue weighted by Gasteiger charge is -2.29. The molecule has 1 N–H and O–H groups in total. The molecule has 1 heterocycles. The van der Waals surface area contributed by atoms with Gasteiger partial charge in [-0.25, -0.2) is 13.2 Å². The van der Waals surface area contributed by atoms with E-state index in [-0.39, 0.29) is 22.0 Å². The molecule has 1 aliphatic rings. The summed E-state index contributed by atoms with van der Waals surface area (Å²) >= 11 is 5.74. The predicted molar refractivity (Wildman–Crippen MR) is 68.8 cm³/mol. The zero-order chi connectivity index (χ0) is 13.3. The first-order valence-corrected chi connectivity index (χ1v) is 7.44. The molecular formula is C11H12ClNO4S. The third-order valence-electron chi connectivity index (χ3n) is 2.81. The Bertz CT molecular complexity index is 585. The molecular weight excluding hydrogens is 278 g/mol. The summed E-state index contributed by atoms with van der Waals surface area (Å²) in [6.07, 6.45) is 1.33. The van der Waals surface area contributed by atoms with Crippen LogP contribution in [0.1, 0.15) is 23.2 Å². The summed E-state index contributed by atoms with van der Waals surface area (Å²) in [6.45, 7) is 0.310. The van der Waals surface area contributed by atoms with Crippen molar-refractivity contribution >= 4 is 33.3 Å². The normalized spacial score (nSPS) is 18.6. The predicted octanol–water partition coefficient (Wildman–Crippen LogP) is 1.97. The van der Waals surface area contributed by atoms with Crippen molar-refractivity contribution in [1.82, 2.24) is 0 Å². The van der Waals surface area contributed by atoms with E-state index in [1.807, 2.05) is 0 Å². The third kappa shape index (κ3) is 2.44. The van der Waals surface area contributed by atoms with Crippen LogP contribution < -0.4 is 4.31 Å². The largest absolute Gasteiger partial charge is 0.478 e. The van der Waals surface area contributed by atoms with Gasteiger partial charge in [0, 0.05) is 11.6 Å². The van der Waals surface area contributed by atoms with Crippen LogP contribution in [-0.2, 0) is 10.0 Å². The van der Waals surface area contributed by atoms with Crippen LogP contribution in [-0.4, -0.2) is 31.8 Å². The van der Waals surface area contributed by atoms with Crippen molar-refractivity contribution in [3.05, 3.63) is 28.8 Å². The molecule has 98 valence electrons. The average molecular weight is 290 g/mol. The van der Waals surface area contributed by atoms with Crippen LogP contribution in [0.5, 0.6) is 0 Å². The Kier molecular flexibility index (Phi) is 3.49. The van der Waals surface area contributed by atoms with Gasteiger partial charge in [-0.1, -0.05) is 11.6 Å². The van der Waals surface area contributed by atoms with Gasteiger partial charge in [-0.05, 0) is 31.0 Å². The Morgan fingerprint density at radius 3 is 2.67 bits per heavy atom. The van der Waals surface area contributed by atoms with Crippen molar-refractivity contribution in [3.8, 4) is 0 Å². The quantitative estimate of drug-likeness (QED) is 0.903. The van der Waals surface area contributed by atoms with Crippen LogP contribution >= 0.6 is 11.6 Å². The first-order chi connectivity index (χ1) is 8.42. The second-order valence-electron chi connectivity index (χ2n) is 4.06. The minimum atomic E-state index is -3.42. The molecule has 0 atom stereocenters. The number of hydrogen-bond acceptors (Lipinski definition) is 3. The molecule has 5 nitrogen and oxygen atoms in total. The van der Waals surface area contributed by atoms with Crippen molar-refractivity contribution in [2.75, 3.05) is 16.6 Å². The Labute approximate surface area is 110 Å². The lowest BCUT2D eigenvalue weighted by molar-refractivity contribution is 0.0697. The van der Waals surface area contributed by atoms with Gasteiger partial charge in [-0.2, -0.15) is 0 Å². The number of halogens is 1. The van der Waals surface area contributed by atoms with Crippen molar-refractivity contribution in [2.45, 2.75) is 12.8 Å². The van der Waals surface area contributed by atoms with Gasteiger partial charge < -0.3 is 5.11 Å². The molecule has 1 aromatic rings. The lowest BCUT2D eigenvalue weighted by atomic mass is 10.1. The second-order valence-corrected chi connectivity index (χ2v) is 6.51. The summed E-state index contributed by atoms with van der Waals surface area (Å²) in [5.41, 5.74) is 0.0968. The summed E-state index contributed by atoms with van der Waals surface area (Å²) < 4.78 is 25.0. The Hall–Kier alpha value is -1.27. The van der Waals surface area contributed by atoms with Gasteiger partial charge in [0.25, 0.3) is 0 Å². The highest BCUT2D eigenvalue weighted by atomic mass is 35.5. The fourth-order valence-corrected chi connectivity index (χ4v) is 3.78. The molecule has 1 saturated heterocycles. The highest BCUT2D eigenvalue weighted by molar-refractivity contribution is 7.92. The number of benzene rings is 1. The van der Waals surface area contributed by atoms with Crippen LogP contribution in [0.15, 0.2) is 18.2 Å². The van der Waals surface area contributed by atoms with Crippen molar-refractivity contribution in [2.24, 2.45) is 0 Å². The topological polar surface area (TPSA) is 74.7 Å². The number of anilines is 1. The maximum Gasteiger partial charge on any atom is 0.337 e. The SMILES string of the molecule is O=C(O)c1cc(Cl)ccc1N1CCCCS1(=O)=O. The molecule has 0 radical (unpaired) electrons. The molecule has 7 heteroatoms. The fourth-order valence-electron chi connectivity index (χ4n) is 1.96. The van der Waals surface area contributed by atoms with E-state index in [0.717, 1.165) is 10.7 Å². The summed E-state index contributed by atoms with van der Waals surface area (Å²) in [4.78, 5) is 11.1. The number of sulfonamides is 1. The molecule has 1 aliphatic heterocycles. The van der Waals surface area contributed by atoms with Gasteiger partial charge in [-0.3, -0.25) is 4.31 Å². The summed E-state index contributed by atoms with van der Waals surface area (Å²) in [6, 6.07) is 4.20. The molecule has 0 unspecified atom stereocenters. The first kappa shape index (κ1) is 13.2. The first-order valence-electron chi connectivity index (χ1n) is 5.45. The Balaban J connectivity index is 2.53. The molecule has 2 rings (SSSR count). The fraction of sp³-hybridized carbons (Fsp3) is 0.364. The van der Waals surface area contributed by atoms with Crippen LogP contribution in [0.2, 0.25) is 5.02 Å². The van der Waals surface area contributed by atoms with Crippen molar-refractivity contribution < 1.29 is 18.3 Å². The van der Waals surface area contributed by atoms with E-state index >= 15 is 0 Å². The number of carbonyl (C=O) groups is 1. The molecule has 0 bridgehead atoms. The van der Waals surface area contributed by atoms with E-state index < -0.39 is 16.0 Å². The number of carboxylic acid groups (broad SMARTS) is 1. The highest BCUT2D eigenvalue weighted by Gasteiger charge is 2.29. The average Bonchev–Trinajstić information content (AvgIpc) is 2.29. The van der Waals surface area contributed by atoms with Gasteiger partial charge in [-0.15, -0.1) is 0 Å². The van der Waals surface area contributed by atoms with Gasteiger partial charge in [0.05, 0.1) is 17.0 Å². The number of aromatic carboxylic acids is 1. The van der Waals surface area contributed by atoms with E-state index in [4.69, 9.17) is 16.7 Å². The van der Waals surface area contributed by atoms with E-state index in [0.29, 0.717) is 13.0 Å². The van der Waals surface area contributed by atoms with E-state index in [1.54, 1.807) is 0 Å². The van der Waals surface area contributed by atoms with Gasteiger partial charge >= 0.3 is 5.97 Å². The minimum absolute atomic E-state index is 0.0503. The Morgan fingerprint density at radius 1 is 1.33 bits per heavy atom.